The summed E-state index contributed by atoms with van der Waals surface area (Å²) in [6.07, 6.45) is 4.38. The van der Waals surface area contributed by atoms with Crippen molar-refractivity contribution in [2.75, 3.05) is 31.9 Å². The van der Waals surface area contributed by atoms with E-state index in [2.05, 4.69) is 14.9 Å². The van der Waals surface area contributed by atoms with E-state index in [9.17, 15) is 8.42 Å². The molecule has 0 aromatic rings. The van der Waals surface area contributed by atoms with Gasteiger partial charge in [0.15, 0.2) is 0 Å². The Morgan fingerprint density at radius 3 is 2.56 bits per heavy atom. The van der Waals surface area contributed by atoms with Crippen LogP contribution in [0.1, 0.15) is 25.7 Å². The number of rotatable bonds is 4. The number of hydrogen-bond donors (Lipinski definition) is 2. The lowest BCUT2D eigenvalue weighted by Gasteiger charge is -2.44. The second-order valence-corrected chi connectivity index (χ2v) is 7.74. The summed E-state index contributed by atoms with van der Waals surface area (Å²) in [4.78, 5) is 2.38. The molecule has 4 saturated heterocycles. The summed E-state index contributed by atoms with van der Waals surface area (Å²) >= 11 is 0. The van der Waals surface area contributed by atoms with Crippen LogP contribution in [0, 0.1) is 5.92 Å². The summed E-state index contributed by atoms with van der Waals surface area (Å²) in [5.74, 6) is 0.803. The first-order valence-corrected chi connectivity index (χ1v) is 8.73. The lowest BCUT2D eigenvalue weighted by atomic mass is 9.85. The molecule has 2 atom stereocenters. The number of piperidine rings is 3. The van der Waals surface area contributed by atoms with Crippen molar-refractivity contribution in [3.63, 3.8) is 0 Å². The summed E-state index contributed by atoms with van der Waals surface area (Å²) in [5.41, 5.74) is 0. The van der Waals surface area contributed by atoms with E-state index in [1.165, 1.54) is 0 Å². The van der Waals surface area contributed by atoms with Crippen LogP contribution in [-0.4, -0.2) is 57.3 Å². The first-order chi connectivity index (χ1) is 8.62. The van der Waals surface area contributed by atoms with E-state index in [-0.39, 0.29) is 17.8 Å². The zero-order chi connectivity index (χ0) is 12.6. The topological polar surface area (TPSA) is 61.4 Å². The fourth-order valence-corrected chi connectivity index (χ4v) is 5.18. The Kier molecular flexibility index (Phi) is 3.62. The highest BCUT2D eigenvalue weighted by molar-refractivity contribution is 7.89. The second-order valence-electron chi connectivity index (χ2n) is 5.94. The lowest BCUT2D eigenvalue weighted by molar-refractivity contribution is 0.0827. The molecule has 4 heterocycles. The van der Waals surface area contributed by atoms with Gasteiger partial charge in [-0.05, 0) is 51.2 Å². The average molecular weight is 273 g/mol. The molecule has 0 aromatic carbocycles. The zero-order valence-electron chi connectivity index (χ0n) is 10.8. The Morgan fingerprint density at radius 2 is 2.00 bits per heavy atom. The van der Waals surface area contributed by atoms with Gasteiger partial charge in [-0.15, -0.1) is 0 Å². The van der Waals surface area contributed by atoms with Gasteiger partial charge in [0.2, 0.25) is 10.0 Å². The standard InChI is InChI=1S/C12H23N3O2S/c16-18(17,9-11-2-1-5-13-11)14-12-8-15-6-3-10(12)4-7-15/h10-14H,1-9H2. The quantitative estimate of drug-likeness (QED) is 0.742. The van der Waals surface area contributed by atoms with Crippen LogP contribution >= 0.6 is 0 Å². The van der Waals surface area contributed by atoms with Crippen LogP contribution in [-0.2, 0) is 10.0 Å². The predicted molar refractivity (Wildman–Crippen MR) is 70.9 cm³/mol. The van der Waals surface area contributed by atoms with Crippen LogP contribution < -0.4 is 10.0 Å². The maximum absolute atomic E-state index is 12.2. The van der Waals surface area contributed by atoms with Crippen molar-refractivity contribution < 1.29 is 8.42 Å². The predicted octanol–water partition coefficient (Wildman–Crippen LogP) is -0.248. The summed E-state index contributed by atoms with van der Waals surface area (Å²) < 4.78 is 27.3. The van der Waals surface area contributed by atoms with Crippen LogP contribution in [0.3, 0.4) is 0 Å². The molecule has 0 aromatic heterocycles. The van der Waals surface area contributed by atoms with Crippen LogP contribution in [0.25, 0.3) is 0 Å². The van der Waals surface area contributed by atoms with E-state index in [0.717, 1.165) is 51.9 Å². The van der Waals surface area contributed by atoms with Gasteiger partial charge in [-0.25, -0.2) is 13.1 Å². The molecule has 4 fully saturated rings. The highest BCUT2D eigenvalue weighted by atomic mass is 32.2. The number of nitrogens with zero attached hydrogens (tertiary/aromatic N) is 1. The molecule has 5 nitrogen and oxygen atoms in total. The molecule has 104 valence electrons. The highest BCUT2D eigenvalue weighted by Crippen LogP contribution is 2.27. The van der Waals surface area contributed by atoms with E-state index >= 15 is 0 Å². The minimum atomic E-state index is -3.13. The van der Waals surface area contributed by atoms with Crippen LogP contribution in [0.4, 0.5) is 0 Å². The molecule has 6 heteroatoms. The Morgan fingerprint density at radius 1 is 1.22 bits per heavy atom. The lowest BCUT2D eigenvalue weighted by Crippen LogP contribution is -2.57. The normalized spacial score (nSPS) is 40.2. The van der Waals surface area contributed by atoms with Crippen molar-refractivity contribution in [3.05, 3.63) is 0 Å². The van der Waals surface area contributed by atoms with Crippen molar-refractivity contribution in [1.29, 1.82) is 0 Å². The van der Waals surface area contributed by atoms with Crippen molar-refractivity contribution in [1.82, 2.24) is 14.9 Å². The van der Waals surface area contributed by atoms with Gasteiger partial charge >= 0.3 is 0 Å². The number of fused-ring (bicyclic) bond motifs is 3. The Hall–Kier alpha value is -0.170. The molecule has 2 bridgehead atoms. The Balaban J connectivity index is 1.57. The summed E-state index contributed by atoms with van der Waals surface area (Å²) in [6.45, 7) is 4.15. The van der Waals surface area contributed by atoms with Gasteiger partial charge in [0.1, 0.15) is 0 Å². The number of nitrogens with one attached hydrogen (secondary N) is 2. The van der Waals surface area contributed by atoms with Crippen molar-refractivity contribution in [2.45, 2.75) is 37.8 Å². The molecule has 18 heavy (non-hydrogen) atoms. The number of hydrogen-bond acceptors (Lipinski definition) is 4. The smallest absolute Gasteiger partial charge is 0.213 e. The average Bonchev–Trinajstić information content (AvgIpc) is 2.81. The third-order valence-electron chi connectivity index (χ3n) is 4.57. The molecule has 0 amide bonds. The van der Waals surface area contributed by atoms with Gasteiger partial charge < -0.3 is 10.2 Å². The minimum absolute atomic E-state index is 0.152. The summed E-state index contributed by atoms with van der Waals surface area (Å²) in [5, 5.41) is 3.25. The molecule has 2 unspecified atom stereocenters. The van der Waals surface area contributed by atoms with Crippen molar-refractivity contribution >= 4 is 10.0 Å². The molecule has 2 N–H and O–H groups in total. The third-order valence-corrected chi connectivity index (χ3v) is 6.07. The SMILES string of the molecule is O=S(=O)(CC1CCCN1)NC1CN2CCC1CC2. The maximum atomic E-state index is 12.2. The largest absolute Gasteiger partial charge is 0.313 e. The first-order valence-electron chi connectivity index (χ1n) is 7.08. The van der Waals surface area contributed by atoms with Crippen LogP contribution in [0.15, 0.2) is 0 Å². The van der Waals surface area contributed by atoms with E-state index in [1.807, 2.05) is 0 Å². The molecular weight excluding hydrogens is 250 g/mol. The molecule has 0 saturated carbocycles. The van der Waals surface area contributed by atoms with Gasteiger partial charge in [-0.2, -0.15) is 0 Å². The summed E-state index contributed by atoms with van der Waals surface area (Å²) in [7, 11) is -3.13. The van der Waals surface area contributed by atoms with E-state index in [1.54, 1.807) is 0 Å². The van der Waals surface area contributed by atoms with Crippen molar-refractivity contribution in [2.24, 2.45) is 5.92 Å². The molecule has 4 aliphatic rings. The van der Waals surface area contributed by atoms with E-state index < -0.39 is 10.0 Å². The first kappa shape index (κ1) is 12.8. The van der Waals surface area contributed by atoms with E-state index in [0.29, 0.717) is 5.92 Å². The van der Waals surface area contributed by atoms with Crippen LogP contribution in [0.2, 0.25) is 0 Å². The van der Waals surface area contributed by atoms with Gasteiger partial charge in [0.05, 0.1) is 5.75 Å². The molecule has 0 radical (unpaired) electrons. The minimum Gasteiger partial charge on any atom is -0.313 e. The molecular formula is C12H23N3O2S. The third kappa shape index (κ3) is 2.87. The van der Waals surface area contributed by atoms with Crippen LogP contribution in [0.5, 0.6) is 0 Å². The fraction of sp³-hybridized carbons (Fsp3) is 1.00. The van der Waals surface area contributed by atoms with Crippen molar-refractivity contribution in [3.8, 4) is 0 Å². The Bertz CT molecular complexity index is 384. The van der Waals surface area contributed by atoms with Gasteiger partial charge in [-0.1, -0.05) is 0 Å². The van der Waals surface area contributed by atoms with E-state index in [4.69, 9.17) is 0 Å². The molecule has 0 aliphatic carbocycles. The molecule has 4 aliphatic heterocycles. The molecule has 0 spiro atoms. The monoisotopic (exact) mass is 273 g/mol. The van der Waals surface area contributed by atoms with Gasteiger partial charge in [0.25, 0.3) is 0 Å². The molecule has 4 rings (SSSR count). The van der Waals surface area contributed by atoms with Gasteiger partial charge in [0, 0.05) is 18.6 Å². The van der Waals surface area contributed by atoms with Gasteiger partial charge in [-0.3, -0.25) is 0 Å². The fourth-order valence-electron chi connectivity index (χ4n) is 3.54. The highest BCUT2D eigenvalue weighted by Gasteiger charge is 2.36. The second kappa shape index (κ2) is 5.07. The summed E-state index contributed by atoms with van der Waals surface area (Å²) in [6, 6.07) is 0.308. The Labute approximate surface area is 109 Å². The zero-order valence-corrected chi connectivity index (χ0v) is 11.6. The number of sulfonamides is 1. The maximum Gasteiger partial charge on any atom is 0.213 e.